The molecular weight excluding hydrogens is 351 g/mol. The lowest BCUT2D eigenvalue weighted by molar-refractivity contribution is -0.137. The Morgan fingerprint density at radius 1 is 1.27 bits per heavy atom. The highest BCUT2D eigenvalue weighted by Gasteiger charge is 2.31. The molecule has 2 aromatic heterocycles. The number of alkyl halides is 3. The van der Waals surface area contributed by atoms with Crippen molar-refractivity contribution in [3.8, 4) is 17.0 Å². The Morgan fingerprint density at radius 3 is 2.62 bits per heavy atom. The third-order valence-electron chi connectivity index (χ3n) is 3.82. The maximum absolute atomic E-state index is 12.7. The molecule has 3 N–H and O–H groups in total. The second kappa shape index (κ2) is 6.45. The van der Waals surface area contributed by atoms with Crippen LogP contribution in [0.5, 0.6) is 5.75 Å². The summed E-state index contributed by atoms with van der Waals surface area (Å²) in [7, 11) is 0. The minimum atomic E-state index is -4.55. The van der Waals surface area contributed by atoms with Crippen LogP contribution in [0.3, 0.4) is 0 Å². The molecule has 0 amide bonds. The van der Waals surface area contributed by atoms with E-state index in [1.165, 1.54) is 10.7 Å². The minimum Gasteiger partial charge on any atom is -0.507 e. The smallest absolute Gasteiger partial charge is 0.416 e. The zero-order valence-corrected chi connectivity index (χ0v) is 13.9. The first-order valence-electron chi connectivity index (χ1n) is 7.72. The second-order valence-electron chi connectivity index (χ2n) is 5.89. The average Bonchev–Trinajstić information content (AvgIpc) is 2.97. The summed E-state index contributed by atoms with van der Waals surface area (Å²) in [5, 5.41) is 34.6. The van der Waals surface area contributed by atoms with Crippen LogP contribution in [0.25, 0.3) is 16.9 Å². The molecule has 138 valence electrons. The molecule has 0 spiro atoms. The van der Waals surface area contributed by atoms with Gasteiger partial charge in [0, 0.05) is 12.1 Å². The van der Waals surface area contributed by atoms with Crippen LogP contribution >= 0.6 is 0 Å². The number of benzene rings is 1. The fourth-order valence-corrected chi connectivity index (χ4v) is 2.49. The lowest BCUT2D eigenvalue weighted by Gasteiger charge is -2.11. The number of aliphatic hydroxyl groups is 1. The highest BCUT2D eigenvalue weighted by Crippen LogP contribution is 2.36. The van der Waals surface area contributed by atoms with E-state index >= 15 is 0 Å². The SMILES string of the molecule is Cc1c(-c2ccc(C(F)(F)F)cc2O)nnc2c(NCC(C)O)cnn12. The lowest BCUT2D eigenvalue weighted by Crippen LogP contribution is -2.15. The van der Waals surface area contributed by atoms with Crippen LogP contribution < -0.4 is 5.32 Å². The van der Waals surface area contributed by atoms with Gasteiger partial charge < -0.3 is 15.5 Å². The van der Waals surface area contributed by atoms with Crippen LogP contribution in [0.15, 0.2) is 24.4 Å². The van der Waals surface area contributed by atoms with Gasteiger partial charge in [0.05, 0.1) is 23.6 Å². The Bertz CT molecular complexity index is 953. The van der Waals surface area contributed by atoms with E-state index in [-0.39, 0.29) is 11.3 Å². The Balaban J connectivity index is 2.03. The summed E-state index contributed by atoms with van der Waals surface area (Å²) in [5.74, 6) is -0.545. The van der Waals surface area contributed by atoms with E-state index in [1.807, 2.05) is 0 Å². The fourth-order valence-electron chi connectivity index (χ4n) is 2.49. The predicted octanol–water partition coefficient (Wildman–Crippen LogP) is 2.62. The van der Waals surface area contributed by atoms with Crippen molar-refractivity contribution in [1.82, 2.24) is 19.8 Å². The number of anilines is 1. The molecule has 0 aliphatic rings. The summed E-state index contributed by atoms with van der Waals surface area (Å²) in [4.78, 5) is 0. The largest absolute Gasteiger partial charge is 0.507 e. The zero-order chi connectivity index (χ0) is 19.1. The van der Waals surface area contributed by atoms with E-state index < -0.39 is 23.6 Å². The Morgan fingerprint density at radius 2 is 2.00 bits per heavy atom. The Kier molecular flexibility index (Phi) is 4.45. The molecule has 1 unspecified atom stereocenters. The summed E-state index contributed by atoms with van der Waals surface area (Å²) >= 11 is 0. The number of fused-ring (bicyclic) bond motifs is 1. The predicted molar refractivity (Wildman–Crippen MR) is 87.8 cm³/mol. The first-order chi connectivity index (χ1) is 12.2. The lowest BCUT2D eigenvalue weighted by atomic mass is 10.1. The van der Waals surface area contributed by atoms with Crippen molar-refractivity contribution < 1.29 is 23.4 Å². The van der Waals surface area contributed by atoms with Crippen LogP contribution in [0, 0.1) is 6.92 Å². The number of hydrogen-bond donors (Lipinski definition) is 3. The third-order valence-corrected chi connectivity index (χ3v) is 3.82. The maximum Gasteiger partial charge on any atom is 0.416 e. The molecule has 0 aliphatic heterocycles. The van der Waals surface area contributed by atoms with Gasteiger partial charge in [-0.05, 0) is 32.0 Å². The Hall–Kier alpha value is -2.88. The van der Waals surface area contributed by atoms with Gasteiger partial charge in [-0.25, -0.2) is 4.52 Å². The number of halogens is 3. The van der Waals surface area contributed by atoms with E-state index in [0.717, 1.165) is 12.1 Å². The van der Waals surface area contributed by atoms with E-state index in [0.29, 0.717) is 29.6 Å². The maximum atomic E-state index is 12.7. The number of rotatable bonds is 4. The van der Waals surface area contributed by atoms with Crippen LogP contribution in [0.2, 0.25) is 0 Å². The number of phenols is 1. The summed E-state index contributed by atoms with van der Waals surface area (Å²) < 4.78 is 39.7. The van der Waals surface area contributed by atoms with Crippen LogP contribution in [0.4, 0.5) is 18.9 Å². The van der Waals surface area contributed by atoms with Crippen molar-refractivity contribution in [3.05, 3.63) is 35.7 Å². The Labute approximate surface area is 146 Å². The molecule has 2 heterocycles. The summed E-state index contributed by atoms with van der Waals surface area (Å²) in [6, 6.07) is 2.68. The highest BCUT2D eigenvalue weighted by atomic mass is 19.4. The minimum absolute atomic E-state index is 0.124. The highest BCUT2D eigenvalue weighted by molar-refractivity contribution is 5.72. The zero-order valence-electron chi connectivity index (χ0n) is 13.9. The standard InChI is InChI=1S/C16H16F3N5O2/c1-8(25)6-20-12-7-21-24-9(2)14(22-23-15(12)24)11-4-3-10(5-13(11)26)16(17,18)19/h3-5,7-8,20,25-26H,6H2,1-2H3. The first-order valence-corrected chi connectivity index (χ1v) is 7.72. The van der Waals surface area contributed by atoms with Crippen molar-refractivity contribution in [2.75, 3.05) is 11.9 Å². The van der Waals surface area contributed by atoms with Gasteiger partial charge in [0.2, 0.25) is 5.65 Å². The molecular formula is C16H16F3N5O2. The monoisotopic (exact) mass is 367 g/mol. The fraction of sp³-hybridized carbons (Fsp3) is 0.312. The molecule has 26 heavy (non-hydrogen) atoms. The van der Waals surface area contributed by atoms with Crippen molar-refractivity contribution >= 4 is 11.3 Å². The van der Waals surface area contributed by atoms with Crippen molar-refractivity contribution in [1.29, 1.82) is 0 Å². The van der Waals surface area contributed by atoms with Gasteiger partial charge in [-0.2, -0.15) is 18.3 Å². The molecule has 1 aromatic carbocycles. The topological polar surface area (TPSA) is 95.6 Å². The van der Waals surface area contributed by atoms with Gasteiger partial charge in [-0.15, -0.1) is 10.2 Å². The number of nitrogens with one attached hydrogen (secondary N) is 1. The molecule has 0 aliphatic carbocycles. The number of phenolic OH excluding ortho intramolecular Hbond substituents is 1. The molecule has 3 aromatic rings. The number of nitrogens with zero attached hydrogens (tertiary/aromatic N) is 4. The van der Waals surface area contributed by atoms with Gasteiger partial charge >= 0.3 is 6.18 Å². The van der Waals surface area contributed by atoms with E-state index in [2.05, 4.69) is 20.6 Å². The number of aromatic hydroxyl groups is 1. The normalized spacial score (nSPS) is 13.2. The van der Waals surface area contributed by atoms with Crippen LogP contribution in [-0.4, -0.2) is 42.7 Å². The van der Waals surface area contributed by atoms with Gasteiger partial charge in [0.1, 0.15) is 17.1 Å². The number of aryl methyl sites for hydroxylation is 1. The quantitative estimate of drug-likeness (QED) is 0.656. The van der Waals surface area contributed by atoms with Crippen molar-refractivity contribution in [2.45, 2.75) is 26.1 Å². The molecule has 3 rings (SSSR count). The van der Waals surface area contributed by atoms with E-state index in [9.17, 15) is 23.4 Å². The van der Waals surface area contributed by atoms with Crippen LogP contribution in [0.1, 0.15) is 18.2 Å². The number of aromatic nitrogens is 4. The molecule has 0 saturated heterocycles. The molecule has 10 heteroatoms. The number of aliphatic hydroxyl groups excluding tert-OH is 1. The van der Waals surface area contributed by atoms with Gasteiger partial charge in [-0.3, -0.25) is 0 Å². The van der Waals surface area contributed by atoms with Crippen LogP contribution in [-0.2, 0) is 6.18 Å². The summed E-state index contributed by atoms with van der Waals surface area (Å²) in [6.45, 7) is 3.59. The number of hydrogen-bond acceptors (Lipinski definition) is 6. The molecule has 0 bridgehead atoms. The van der Waals surface area contributed by atoms with Crippen molar-refractivity contribution in [2.24, 2.45) is 0 Å². The van der Waals surface area contributed by atoms with E-state index in [4.69, 9.17) is 0 Å². The summed E-state index contributed by atoms with van der Waals surface area (Å²) in [6.07, 6.45) is -3.61. The molecule has 0 fully saturated rings. The van der Waals surface area contributed by atoms with Crippen molar-refractivity contribution in [3.63, 3.8) is 0 Å². The molecule has 7 nitrogen and oxygen atoms in total. The second-order valence-corrected chi connectivity index (χ2v) is 5.89. The molecule has 0 radical (unpaired) electrons. The molecule has 0 saturated carbocycles. The first kappa shape index (κ1) is 17.9. The summed E-state index contributed by atoms with van der Waals surface area (Å²) in [5.41, 5.74) is 0.847. The van der Waals surface area contributed by atoms with Gasteiger partial charge in [-0.1, -0.05) is 0 Å². The van der Waals surface area contributed by atoms with E-state index in [1.54, 1.807) is 13.8 Å². The molecule has 1 atom stereocenters. The van der Waals surface area contributed by atoms with Gasteiger partial charge in [0.15, 0.2) is 0 Å². The van der Waals surface area contributed by atoms with Gasteiger partial charge in [0.25, 0.3) is 0 Å². The third kappa shape index (κ3) is 3.27. The average molecular weight is 367 g/mol.